The van der Waals surface area contributed by atoms with Gasteiger partial charge in [0.1, 0.15) is 5.75 Å². The molecule has 2 aliphatic carbocycles. The van der Waals surface area contributed by atoms with E-state index in [-0.39, 0.29) is 5.75 Å². The van der Waals surface area contributed by atoms with Gasteiger partial charge in [0.05, 0.1) is 6.67 Å². The lowest BCUT2D eigenvalue weighted by Gasteiger charge is -2.29. The summed E-state index contributed by atoms with van der Waals surface area (Å²) in [4.78, 5) is 13.0. The third-order valence-corrected chi connectivity index (χ3v) is 6.15. The van der Waals surface area contributed by atoms with Crippen LogP contribution in [0.4, 0.5) is 8.78 Å². The van der Waals surface area contributed by atoms with Crippen LogP contribution in [-0.4, -0.2) is 31.1 Å². The van der Waals surface area contributed by atoms with E-state index in [0.717, 1.165) is 36.3 Å². The molecule has 3 atom stereocenters. The summed E-state index contributed by atoms with van der Waals surface area (Å²) >= 11 is 0. The zero-order valence-corrected chi connectivity index (χ0v) is 15.8. The fourth-order valence-electron chi connectivity index (χ4n) is 4.91. The highest BCUT2D eigenvalue weighted by Gasteiger charge is 2.36. The lowest BCUT2D eigenvalue weighted by Crippen LogP contribution is -2.34. The Bertz CT molecular complexity index is 599. The van der Waals surface area contributed by atoms with Gasteiger partial charge in [-0.1, -0.05) is 31.4 Å². The van der Waals surface area contributed by atoms with Crippen molar-refractivity contribution in [2.75, 3.05) is 13.2 Å². The van der Waals surface area contributed by atoms with Crippen molar-refractivity contribution < 1.29 is 18.3 Å². The maximum absolute atomic E-state index is 12.3. The molecule has 0 spiro atoms. The molecule has 2 aliphatic rings. The molecule has 0 heterocycles. The summed E-state index contributed by atoms with van der Waals surface area (Å²) in [6, 6.07) is 6.49. The summed E-state index contributed by atoms with van der Waals surface area (Å²) < 4.78 is 29.1. The van der Waals surface area contributed by atoms with E-state index in [1.54, 1.807) is 23.1 Å². The zero-order valence-electron chi connectivity index (χ0n) is 15.8. The molecule has 2 fully saturated rings. The van der Waals surface area contributed by atoms with Crippen molar-refractivity contribution in [3.63, 3.8) is 0 Å². The number of hydrogen-bond acceptors (Lipinski definition) is 3. The SMILES string of the molecule is O=CN(CNCCC1CCC2CCCCC21)Cc1cccc(OC(F)F)c1. The van der Waals surface area contributed by atoms with Gasteiger partial charge in [-0.2, -0.15) is 8.78 Å². The van der Waals surface area contributed by atoms with Crippen LogP contribution in [0.25, 0.3) is 0 Å². The first-order chi connectivity index (χ1) is 13.2. The van der Waals surface area contributed by atoms with Gasteiger partial charge >= 0.3 is 6.61 Å². The van der Waals surface area contributed by atoms with Crippen molar-refractivity contribution in [2.24, 2.45) is 17.8 Å². The van der Waals surface area contributed by atoms with E-state index in [1.165, 1.54) is 51.0 Å². The first-order valence-corrected chi connectivity index (χ1v) is 10.1. The minimum atomic E-state index is -2.84. The molecule has 0 bridgehead atoms. The number of fused-ring (bicyclic) bond motifs is 1. The van der Waals surface area contributed by atoms with E-state index in [4.69, 9.17) is 0 Å². The number of nitrogens with one attached hydrogen (secondary N) is 1. The summed E-state index contributed by atoms with van der Waals surface area (Å²) in [5, 5.41) is 3.37. The second-order valence-electron chi connectivity index (χ2n) is 7.87. The number of carbonyl (C=O) groups excluding carboxylic acids is 1. The third kappa shape index (κ3) is 5.89. The average molecular weight is 380 g/mol. The minimum absolute atomic E-state index is 0.115. The highest BCUT2D eigenvalue weighted by Crippen LogP contribution is 2.46. The third-order valence-electron chi connectivity index (χ3n) is 6.15. The molecule has 150 valence electrons. The van der Waals surface area contributed by atoms with Gasteiger partial charge in [0, 0.05) is 6.54 Å². The van der Waals surface area contributed by atoms with Crippen LogP contribution in [0.2, 0.25) is 0 Å². The Labute approximate surface area is 160 Å². The Kier molecular flexibility index (Phi) is 7.44. The number of ether oxygens (including phenoxy) is 1. The molecule has 0 saturated heterocycles. The Morgan fingerprint density at radius 1 is 1.22 bits per heavy atom. The van der Waals surface area contributed by atoms with Crippen LogP contribution in [-0.2, 0) is 11.3 Å². The first-order valence-electron chi connectivity index (χ1n) is 10.1. The van der Waals surface area contributed by atoms with Gasteiger partial charge in [-0.15, -0.1) is 0 Å². The van der Waals surface area contributed by atoms with Crippen molar-refractivity contribution in [1.82, 2.24) is 10.2 Å². The number of rotatable bonds is 10. The van der Waals surface area contributed by atoms with Crippen LogP contribution >= 0.6 is 0 Å². The van der Waals surface area contributed by atoms with Crippen LogP contribution in [0.5, 0.6) is 5.75 Å². The van der Waals surface area contributed by atoms with Crippen molar-refractivity contribution in [1.29, 1.82) is 0 Å². The standard InChI is InChI=1S/C21H30F2N2O2/c22-21(23)27-19-6-3-4-16(12-19)13-25(15-26)14-24-11-10-18-9-8-17-5-1-2-7-20(17)18/h3-4,6,12,15,17-18,20-21,24H,1-2,5,7-11,13-14H2. The normalized spacial score (nSPS) is 24.6. The van der Waals surface area contributed by atoms with Crippen LogP contribution in [0, 0.1) is 17.8 Å². The molecular weight excluding hydrogens is 350 g/mol. The van der Waals surface area contributed by atoms with Gasteiger partial charge in [0.25, 0.3) is 0 Å². The molecule has 3 unspecified atom stereocenters. The number of benzene rings is 1. The van der Waals surface area contributed by atoms with Gasteiger partial charge in [-0.25, -0.2) is 0 Å². The van der Waals surface area contributed by atoms with E-state index >= 15 is 0 Å². The maximum atomic E-state index is 12.3. The first kappa shape index (κ1) is 20.1. The minimum Gasteiger partial charge on any atom is -0.435 e. The van der Waals surface area contributed by atoms with Crippen molar-refractivity contribution >= 4 is 6.41 Å². The number of hydrogen-bond donors (Lipinski definition) is 1. The van der Waals surface area contributed by atoms with Gasteiger partial charge in [0.2, 0.25) is 6.41 Å². The highest BCUT2D eigenvalue weighted by atomic mass is 19.3. The summed E-state index contributed by atoms with van der Waals surface area (Å²) in [5.41, 5.74) is 0.767. The predicted octanol–water partition coefficient (Wildman–Crippen LogP) is 4.40. The molecule has 0 radical (unpaired) electrons. The maximum Gasteiger partial charge on any atom is 0.387 e. The van der Waals surface area contributed by atoms with Crippen LogP contribution < -0.4 is 10.1 Å². The lowest BCUT2D eigenvalue weighted by molar-refractivity contribution is -0.119. The van der Waals surface area contributed by atoms with Crippen molar-refractivity contribution in [3.8, 4) is 5.75 Å². The lowest BCUT2D eigenvalue weighted by atomic mass is 9.77. The Hall–Kier alpha value is -1.69. The highest BCUT2D eigenvalue weighted by molar-refractivity contribution is 5.47. The number of halogens is 2. The predicted molar refractivity (Wildman–Crippen MR) is 100 cm³/mol. The Balaban J connectivity index is 1.40. The second-order valence-corrected chi connectivity index (χ2v) is 7.87. The molecule has 1 N–H and O–H groups in total. The molecule has 1 aromatic carbocycles. The molecule has 0 aliphatic heterocycles. The monoisotopic (exact) mass is 380 g/mol. The Morgan fingerprint density at radius 3 is 2.89 bits per heavy atom. The van der Waals surface area contributed by atoms with Crippen LogP contribution in [0.15, 0.2) is 24.3 Å². The molecule has 3 rings (SSSR count). The van der Waals surface area contributed by atoms with E-state index in [9.17, 15) is 13.6 Å². The summed E-state index contributed by atoms with van der Waals surface area (Å²) in [5.74, 6) is 2.82. The topological polar surface area (TPSA) is 41.6 Å². The molecule has 4 nitrogen and oxygen atoms in total. The molecular formula is C21H30F2N2O2. The van der Waals surface area contributed by atoms with E-state index < -0.39 is 6.61 Å². The van der Waals surface area contributed by atoms with Crippen molar-refractivity contribution in [2.45, 2.75) is 58.1 Å². The van der Waals surface area contributed by atoms with Crippen molar-refractivity contribution in [3.05, 3.63) is 29.8 Å². The molecule has 1 amide bonds. The van der Waals surface area contributed by atoms with Crippen LogP contribution in [0.3, 0.4) is 0 Å². The summed E-state index contributed by atoms with van der Waals surface area (Å²) in [6.07, 6.45) is 10.3. The van der Waals surface area contributed by atoms with E-state index in [0.29, 0.717) is 13.2 Å². The fourth-order valence-corrected chi connectivity index (χ4v) is 4.91. The largest absolute Gasteiger partial charge is 0.435 e. The van der Waals surface area contributed by atoms with E-state index in [2.05, 4.69) is 10.1 Å². The van der Waals surface area contributed by atoms with Gasteiger partial charge in [-0.3, -0.25) is 10.1 Å². The molecule has 2 saturated carbocycles. The summed E-state index contributed by atoms with van der Waals surface area (Å²) in [7, 11) is 0. The molecule has 1 aromatic rings. The second kappa shape index (κ2) is 10.0. The van der Waals surface area contributed by atoms with E-state index in [1.807, 2.05) is 0 Å². The van der Waals surface area contributed by atoms with Crippen LogP contribution in [0.1, 0.15) is 50.5 Å². The molecule has 6 heteroatoms. The quantitative estimate of drug-likeness (QED) is 0.372. The van der Waals surface area contributed by atoms with Gasteiger partial charge in [-0.05, 0) is 67.7 Å². The molecule has 0 aromatic heterocycles. The number of carbonyl (C=O) groups is 1. The number of alkyl halides is 2. The zero-order chi connectivity index (χ0) is 19.1. The molecule has 27 heavy (non-hydrogen) atoms. The van der Waals surface area contributed by atoms with Gasteiger partial charge < -0.3 is 9.64 Å². The fraction of sp³-hybridized carbons (Fsp3) is 0.667. The van der Waals surface area contributed by atoms with Gasteiger partial charge in [0.15, 0.2) is 0 Å². The number of amides is 1. The summed E-state index contributed by atoms with van der Waals surface area (Å²) in [6.45, 7) is -1.11. The Morgan fingerprint density at radius 2 is 2.07 bits per heavy atom. The number of nitrogens with zero attached hydrogens (tertiary/aromatic N) is 1. The average Bonchev–Trinajstić information content (AvgIpc) is 3.07. The smallest absolute Gasteiger partial charge is 0.387 e.